The van der Waals surface area contributed by atoms with Crippen LogP contribution in [0.4, 0.5) is 4.39 Å². The molecule has 0 fully saturated rings. The number of benzene rings is 2. The SMILES string of the molecule is COc1ccc(C(Cl)c2cc(F)cc(Br)c2)c(OC)c1Cl. The van der Waals surface area contributed by atoms with Crippen molar-refractivity contribution in [1.82, 2.24) is 0 Å². The lowest BCUT2D eigenvalue weighted by molar-refractivity contribution is 0.392. The maximum absolute atomic E-state index is 13.5. The van der Waals surface area contributed by atoms with E-state index in [0.29, 0.717) is 32.1 Å². The predicted molar refractivity (Wildman–Crippen MR) is 86.4 cm³/mol. The first-order valence-electron chi connectivity index (χ1n) is 5.98. The molecule has 0 aliphatic carbocycles. The number of ether oxygens (including phenoxy) is 2. The summed E-state index contributed by atoms with van der Waals surface area (Å²) >= 11 is 15.9. The molecule has 6 heteroatoms. The van der Waals surface area contributed by atoms with E-state index in [9.17, 15) is 4.39 Å². The molecule has 2 aromatic carbocycles. The van der Waals surface area contributed by atoms with Crippen LogP contribution in [0.25, 0.3) is 0 Å². The van der Waals surface area contributed by atoms with Crippen LogP contribution < -0.4 is 9.47 Å². The fraction of sp³-hybridized carbons (Fsp3) is 0.200. The van der Waals surface area contributed by atoms with Crippen LogP contribution in [-0.4, -0.2) is 14.2 Å². The summed E-state index contributed by atoms with van der Waals surface area (Å²) in [6.45, 7) is 0. The van der Waals surface area contributed by atoms with Crippen LogP contribution in [-0.2, 0) is 0 Å². The maximum atomic E-state index is 13.5. The van der Waals surface area contributed by atoms with E-state index in [4.69, 9.17) is 32.7 Å². The number of alkyl halides is 1. The lowest BCUT2D eigenvalue weighted by Crippen LogP contribution is -2.00. The molecule has 0 aliphatic rings. The van der Waals surface area contributed by atoms with Crippen LogP contribution >= 0.6 is 39.1 Å². The Hall–Kier alpha value is -0.970. The van der Waals surface area contributed by atoms with Crippen LogP contribution in [0.5, 0.6) is 11.5 Å². The Morgan fingerprint density at radius 3 is 2.43 bits per heavy atom. The average molecular weight is 394 g/mol. The van der Waals surface area contributed by atoms with Crippen molar-refractivity contribution in [3.8, 4) is 11.5 Å². The minimum absolute atomic E-state index is 0.332. The van der Waals surface area contributed by atoms with Crippen LogP contribution in [0.1, 0.15) is 16.5 Å². The number of hydrogen-bond acceptors (Lipinski definition) is 2. The molecule has 0 saturated carbocycles. The van der Waals surface area contributed by atoms with Crippen molar-refractivity contribution in [2.45, 2.75) is 5.38 Å². The zero-order valence-corrected chi connectivity index (χ0v) is 14.4. The van der Waals surface area contributed by atoms with Crippen LogP contribution in [0, 0.1) is 5.82 Å². The van der Waals surface area contributed by atoms with Gasteiger partial charge in [0.15, 0.2) is 0 Å². The fourth-order valence-corrected chi connectivity index (χ4v) is 3.13. The minimum atomic E-state index is -0.602. The zero-order valence-electron chi connectivity index (χ0n) is 11.3. The lowest BCUT2D eigenvalue weighted by Gasteiger charge is -2.17. The second kappa shape index (κ2) is 6.86. The molecule has 2 aromatic rings. The van der Waals surface area contributed by atoms with Gasteiger partial charge in [-0.15, -0.1) is 11.6 Å². The molecule has 0 amide bonds. The quantitative estimate of drug-likeness (QED) is 0.630. The molecule has 21 heavy (non-hydrogen) atoms. The summed E-state index contributed by atoms with van der Waals surface area (Å²) in [5.74, 6) is 0.529. The van der Waals surface area contributed by atoms with E-state index >= 15 is 0 Å². The van der Waals surface area contributed by atoms with Gasteiger partial charge in [0.25, 0.3) is 0 Å². The highest BCUT2D eigenvalue weighted by molar-refractivity contribution is 9.10. The summed E-state index contributed by atoms with van der Waals surface area (Å²) in [6, 6.07) is 7.94. The lowest BCUT2D eigenvalue weighted by atomic mass is 10.0. The van der Waals surface area contributed by atoms with Gasteiger partial charge in [-0.3, -0.25) is 0 Å². The Bertz CT molecular complexity index is 644. The van der Waals surface area contributed by atoms with Gasteiger partial charge in [0.05, 0.1) is 19.6 Å². The summed E-state index contributed by atoms with van der Waals surface area (Å²) in [7, 11) is 3.01. The molecule has 0 radical (unpaired) electrons. The minimum Gasteiger partial charge on any atom is -0.495 e. The summed E-state index contributed by atoms with van der Waals surface area (Å²) in [5.41, 5.74) is 1.24. The second-order valence-corrected chi connectivity index (χ2v) is 6.00. The molecule has 2 nitrogen and oxygen atoms in total. The highest BCUT2D eigenvalue weighted by Crippen LogP contribution is 2.43. The van der Waals surface area contributed by atoms with Crippen molar-refractivity contribution in [2.24, 2.45) is 0 Å². The topological polar surface area (TPSA) is 18.5 Å². The molecular weight excluding hydrogens is 382 g/mol. The molecule has 1 atom stereocenters. The van der Waals surface area contributed by atoms with Crippen molar-refractivity contribution in [3.63, 3.8) is 0 Å². The highest BCUT2D eigenvalue weighted by Gasteiger charge is 2.21. The molecule has 0 N–H and O–H groups in total. The number of methoxy groups -OCH3 is 2. The summed E-state index contributed by atoms with van der Waals surface area (Å²) in [6.07, 6.45) is 0. The molecular formula is C15H12BrCl2FO2. The monoisotopic (exact) mass is 392 g/mol. The van der Waals surface area contributed by atoms with Gasteiger partial charge in [-0.1, -0.05) is 27.5 Å². The van der Waals surface area contributed by atoms with Gasteiger partial charge in [-0.05, 0) is 35.9 Å². The normalized spacial score (nSPS) is 12.1. The van der Waals surface area contributed by atoms with E-state index in [2.05, 4.69) is 15.9 Å². The Morgan fingerprint density at radius 2 is 1.86 bits per heavy atom. The maximum Gasteiger partial charge on any atom is 0.146 e. The molecule has 0 bridgehead atoms. The highest BCUT2D eigenvalue weighted by atomic mass is 79.9. The van der Waals surface area contributed by atoms with E-state index in [1.165, 1.54) is 26.4 Å². The fourth-order valence-electron chi connectivity index (χ4n) is 2.02. The summed E-state index contributed by atoms with van der Waals surface area (Å²) < 4.78 is 24.6. The second-order valence-electron chi connectivity index (χ2n) is 4.27. The number of hydrogen-bond donors (Lipinski definition) is 0. The smallest absolute Gasteiger partial charge is 0.146 e. The van der Waals surface area contributed by atoms with Gasteiger partial charge < -0.3 is 9.47 Å². The third-order valence-electron chi connectivity index (χ3n) is 2.97. The van der Waals surface area contributed by atoms with Gasteiger partial charge in [0.1, 0.15) is 22.3 Å². The zero-order chi connectivity index (χ0) is 15.6. The molecule has 1 unspecified atom stereocenters. The average Bonchev–Trinajstić information content (AvgIpc) is 2.45. The van der Waals surface area contributed by atoms with Gasteiger partial charge in [0.2, 0.25) is 0 Å². The summed E-state index contributed by atoms with van der Waals surface area (Å²) in [5, 5.41) is -0.269. The number of rotatable bonds is 4. The van der Waals surface area contributed by atoms with Gasteiger partial charge >= 0.3 is 0 Å². The molecule has 2 rings (SSSR count). The van der Waals surface area contributed by atoms with Gasteiger partial charge in [-0.2, -0.15) is 0 Å². The van der Waals surface area contributed by atoms with Crippen LogP contribution in [0.15, 0.2) is 34.8 Å². The third kappa shape index (κ3) is 3.44. The van der Waals surface area contributed by atoms with Crippen molar-refractivity contribution < 1.29 is 13.9 Å². The predicted octanol–water partition coefficient (Wildman–Crippen LogP) is 5.59. The first kappa shape index (κ1) is 16.4. The molecule has 0 heterocycles. The standard InChI is InChI=1S/C15H12BrCl2FO2/c1-20-12-4-3-11(15(21-2)14(12)18)13(17)8-5-9(16)7-10(19)6-8/h3-7,13H,1-2H3. The Kier molecular flexibility index (Phi) is 5.36. The third-order valence-corrected chi connectivity index (χ3v) is 4.27. The van der Waals surface area contributed by atoms with Crippen molar-refractivity contribution in [1.29, 1.82) is 0 Å². The largest absolute Gasteiger partial charge is 0.495 e. The van der Waals surface area contributed by atoms with E-state index in [-0.39, 0.29) is 5.82 Å². The molecule has 112 valence electrons. The van der Waals surface area contributed by atoms with E-state index < -0.39 is 5.38 Å². The van der Waals surface area contributed by atoms with Crippen LogP contribution in [0.2, 0.25) is 5.02 Å². The first-order chi connectivity index (χ1) is 9.97. The molecule has 0 spiro atoms. The van der Waals surface area contributed by atoms with E-state index in [1.54, 1.807) is 18.2 Å². The van der Waals surface area contributed by atoms with Gasteiger partial charge in [-0.25, -0.2) is 4.39 Å². The Balaban J connectivity index is 2.52. The Morgan fingerprint density at radius 1 is 1.14 bits per heavy atom. The summed E-state index contributed by atoms with van der Waals surface area (Å²) in [4.78, 5) is 0. The van der Waals surface area contributed by atoms with Crippen LogP contribution in [0.3, 0.4) is 0 Å². The van der Waals surface area contributed by atoms with E-state index in [1.807, 2.05) is 0 Å². The van der Waals surface area contributed by atoms with Crippen molar-refractivity contribution in [2.75, 3.05) is 14.2 Å². The molecule has 0 aliphatic heterocycles. The van der Waals surface area contributed by atoms with Crippen molar-refractivity contribution >= 4 is 39.1 Å². The molecule has 0 saturated heterocycles. The van der Waals surface area contributed by atoms with Gasteiger partial charge in [0, 0.05) is 10.0 Å². The van der Waals surface area contributed by atoms with E-state index in [0.717, 1.165) is 0 Å². The molecule has 0 aromatic heterocycles. The van der Waals surface area contributed by atoms with Crippen molar-refractivity contribution in [3.05, 3.63) is 56.8 Å². The number of halogens is 4. The Labute approximate surface area is 140 Å². The first-order valence-corrected chi connectivity index (χ1v) is 7.59.